The van der Waals surface area contributed by atoms with Gasteiger partial charge in [-0.15, -0.1) is 0 Å². The molecule has 0 saturated carbocycles. The van der Waals surface area contributed by atoms with Gasteiger partial charge < -0.3 is 9.15 Å². The van der Waals surface area contributed by atoms with Gasteiger partial charge in [0.25, 0.3) is 5.88 Å². The van der Waals surface area contributed by atoms with Gasteiger partial charge in [0, 0.05) is 23.2 Å². The first-order chi connectivity index (χ1) is 17.4. The lowest BCUT2D eigenvalue weighted by molar-refractivity contribution is 0.289. The van der Waals surface area contributed by atoms with Crippen molar-refractivity contribution in [1.29, 1.82) is 5.26 Å². The van der Waals surface area contributed by atoms with Gasteiger partial charge >= 0.3 is 0 Å². The van der Waals surface area contributed by atoms with Crippen molar-refractivity contribution in [3.63, 3.8) is 0 Å². The third-order valence-corrected chi connectivity index (χ3v) is 5.47. The summed E-state index contributed by atoms with van der Waals surface area (Å²) in [5.41, 5.74) is 6.41. The predicted molar refractivity (Wildman–Crippen MR) is 140 cm³/mol. The Labute approximate surface area is 211 Å². The molecular formula is C28H30N6O2. The summed E-state index contributed by atoms with van der Waals surface area (Å²) >= 11 is 0. The van der Waals surface area contributed by atoms with Crippen molar-refractivity contribution in [3.8, 4) is 28.8 Å². The van der Waals surface area contributed by atoms with Crippen LogP contribution in [0.25, 0.3) is 16.9 Å². The molecule has 4 aromatic rings. The van der Waals surface area contributed by atoms with Crippen molar-refractivity contribution in [1.82, 2.24) is 14.8 Å². The molecule has 0 aliphatic carbocycles. The molecular weight excluding hydrogens is 452 g/mol. The largest absolute Gasteiger partial charge is 0.494 e. The minimum absolute atomic E-state index is 0.0599. The molecule has 0 unspecified atom stereocenters. The van der Waals surface area contributed by atoms with Gasteiger partial charge in [-0.2, -0.15) is 15.5 Å². The predicted octanol–water partition coefficient (Wildman–Crippen LogP) is 6.39. The summed E-state index contributed by atoms with van der Waals surface area (Å²) in [7, 11) is 0. The Balaban J connectivity index is 1.60. The number of nitrogens with zero attached hydrogens (tertiary/aromatic N) is 5. The van der Waals surface area contributed by atoms with Gasteiger partial charge in [0.05, 0.1) is 18.5 Å². The number of rotatable bonds is 10. The van der Waals surface area contributed by atoms with Crippen LogP contribution in [0, 0.1) is 17.2 Å². The molecule has 2 aromatic heterocycles. The summed E-state index contributed by atoms with van der Waals surface area (Å²) in [6.07, 6.45) is 4.58. The standard InChI is InChI=1S/C28H30N6O2/c1-19(2)14-15-35-24-12-10-21(11-13-24)26-22(18-34(33-26)23-8-6-5-7-9-23)17-30-32-28-25(16-29)31-27(36-28)20(3)4/h5-13,17-20,32H,14-15H2,1-4H3. The summed E-state index contributed by atoms with van der Waals surface area (Å²) in [4.78, 5) is 4.21. The van der Waals surface area contributed by atoms with Crippen LogP contribution in [-0.4, -0.2) is 27.6 Å². The highest BCUT2D eigenvalue weighted by atomic mass is 16.5. The number of hydrogen-bond donors (Lipinski definition) is 1. The third kappa shape index (κ3) is 5.99. The van der Waals surface area contributed by atoms with E-state index >= 15 is 0 Å². The van der Waals surface area contributed by atoms with Crippen molar-refractivity contribution in [3.05, 3.63) is 77.9 Å². The number of nitrogens with one attached hydrogen (secondary N) is 1. The van der Waals surface area contributed by atoms with Crippen LogP contribution < -0.4 is 10.2 Å². The lowest BCUT2D eigenvalue weighted by atomic mass is 10.1. The normalized spacial score (nSPS) is 11.4. The molecule has 8 heteroatoms. The molecule has 0 saturated heterocycles. The van der Waals surface area contributed by atoms with E-state index in [1.54, 1.807) is 6.21 Å². The summed E-state index contributed by atoms with van der Waals surface area (Å²) in [5, 5.41) is 18.5. The number of anilines is 1. The number of para-hydroxylation sites is 1. The highest BCUT2D eigenvalue weighted by molar-refractivity contribution is 5.89. The maximum Gasteiger partial charge on any atom is 0.252 e. The molecule has 0 aliphatic rings. The smallest absolute Gasteiger partial charge is 0.252 e. The fourth-order valence-electron chi connectivity index (χ4n) is 3.44. The first kappa shape index (κ1) is 24.7. The Kier molecular flexibility index (Phi) is 7.81. The second-order valence-corrected chi connectivity index (χ2v) is 9.13. The fraction of sp³-hybridized carbons (Fsp3) is 0.286. The molecule has 0 radical (unpaired) electrons. The van der Waals surface area contributed by atoms with Crippen LogP contribution in [0.5, 0.6) is 5.75 Å². The van der Waals surface area contributed by atoms with Gasteiger partial charge in [-0.25, -0.2) is 15.1 Å². The van der Waals surface area contributed by atoms with Gasteiger partial charge in [0.15, 0.2) is 0 Å². The molecule has 1 N–H and O–H groups in total. The van der Waals surface area contributed by atoms with E-state index in [2.05, 4.69) is 29.4 Å². The monoisotopic (exact) mass is 482 g/mol. The molecule has 184 valence electrons. The lowest BCUT2D eigenvalue weighted by Crippen LogP contribution is -2.01. The summed E-state index contributed by atoms with van der Waals surface area (Å²) < 4.78 is 13.3. The first-order valence-corrected chi connectivity index (χ1v) is 12.0. The molecule has 0 atom stereocenters. The van der Waals surface area contributed by atoms with Gasteiger partial charge in [-0.3, -0.25) is 0 Å². The van der Waals surface area contributed by atoms with E-state index in [1.807, 2.05) is 85.4 Å². The number of ether oxygens (including phenoxy) is 1. The van der Waals surface area contributed by atoms with Crippen LogP contribution in [0.4, 0.5) is 5.88 Å². The number of hydrazone groups is 1. The SMILES string of the molecule is CC(C)CCOc1ccc(-c2nn(-c3ccccc3)cc2C=NNc2oc(C(C)C)nc2C#N)cc1. The van der Waals surface area contributed by atoms with Crippen LogP contribution in [0.3, 0.4) is 0 Å². The summed E-state index contributed by atoms with van der Waals surface area (Å²) in [6, 6.07) is 19.8. The average molecular weight is 483 g/mol. The van der Waals surface area contributed by atoms with E-state index in [1.165, 1.54) is 0 Å². The lowest BCUT2D eigenvalue weighted by Gasteiger charge is -2.08. The van der Waals surface area contributed by atoms with Crippen molar-refractivity contribution in [2.75, 3.05) is 12.0 Å². The third-order valence-electron chi connectivity index (χ3n) is 5.47. The van der Waals surface area contributed by atoms with Crippen molar-refractivity contribution < 1.29 is 9.15 Å². The summed E-state index contributed by atoms with van der Waals surface area (Å²) in [5.74, 6) is 2.19. The first-order valence-electron chi connectivity index (χ1n) is 12.0. The molecule has 2 aromatic carbocycles. The molecule has 0 aliphatic heterocycles. The van der Waals surface area contributed by atoms with Crippen LogP contribution in [0.2, 0.25) is 0 Å². The van der Waals surface area contributed by atoms with E-state index in [0.29, 0.717) is 18.4 Å². The molecule has 0 amide bonds. The molecule has 0 spiro atoms. The van der Waals surface area contributed by atoms with E-state index in [0.717, 1.165) is 34.7 Å². The van der Waals surface area contributed by atoms with Crippen LogP contribution in [0.15, 0.2) is 70.3 Å². The Morgan fingerprint density at radius 3 is 2.53 bits per heavy atom. The topological polar surface area (TPSA) is 101 Å². The Hall–Kier alpha value is -4.38. The average Bonchev–Trinajstić information content (AvgIpc) is 3.49. The van der Waals surface area contributed by atoms with Gasteiger partial charge in [0.2, 0.25) is 11.6 Å². The van der Waals surface area contributed by atoms with Crippen LogP contribution in [-0.2, 0) is 0 Å². The van der Waals surface area contributed by atoms with E-state index < -0.39 is 0 Å². The zero-order valence-corrected chi connectivity index (χ0v) is 21.0. The molecule has 36 heavy (non-hydrogen) atoms. The van der Waals surface area contributed by atoms with Gasteiger partial charge in [0.1, 0.15) is 17.5 Å². The second kappa shape index (κ2) is 11.4. The molecule has 0 bridgehead atoms. The fourth-order valence-corrected chi connectivity index (χ4v) is 3.44. The van der Waals surface area contributed by atoms with E-state index in [9.17, 15) is 5.26 Å². The Morgan fingerprint density at radius 1 is 1.11 bits per heavy atom. The highest BCUT2D eigenvalue weighted by Crippen LogP contribution is 2.26. The second-order valence-electron chi connectivity index (χ2n) is 9.13. The van der Waals surface area contributed by atoms with Gasteiger partial charge in [-0.1, -0.05) is 45.9 Å². The minimum atomic E-state index is 0.0599. The zero-order valence-electron chi connectivity index (χ0n) is 21.0. The van der Waals surface area contributed by atoms with Crippen molar-refractivity contribution in [2.45, 2.75) is 40.0 Å². The van der Waals surface area contributed by atoms with E-state index in [-0.39, 0.29) is 17.5 Å². The van der Waals surface area contributed by atoms with E-state index in [4.69, 9.17) is 14.3 Å². The van der Waals surface area contributed by atoms with Crippen molar-refractivity contribution in [2.24, 2.45) is 11.0 Å². The summed E-state index contributed by atoms with van der Waals surface area (Å²) in [6.45, 7) is 8.95. The number of benzene rings is 2. The van der Waals surface area contributed by atoms with Crippen LogP contribution >= 0.6 is 0 Å². The number of hydrogen-bond acceptors (Lipinski definition) is 7. The molecule has 8 nitrogen and oxygen atoms in total. The number of oxazole rings is 1. The Morgan fingerprint density at radius 2 is 1.86 bits per heavy atom. The minimum Gasteiger partial charge on any atom is -0.494 e. The number of aromatic nitrogens is 3. The quantitative estimate of drug-likeness (QED) is 0.207. The molecule has 2 heterocycles. The molecule has 0 fully saturated rings. The van der Waals surface area contributed by atoms with Crippen LogP contribution in [0.1, 0.15) is 57.2 Å². The highest BCUT2D eigenvalue weighted by Gasteiger charge is 2.15. The maximum absolute atomic E-state index is 9.37. The Bertz CT molecular complexity index is 1350. The maximum atomic E-state index is 9.37. The number of nitriles is 1. The zero-order chi connectivity index (χ0) is 25.5. The van der Waals surface area contributed by atoms with Crippen molar-refractivity contribution >= 4 is 12.1 Å². The molecule has 4 rings (SSSR count). The van der Waals surface area contributed by atoms with Gasteiger partial charge in [-0.05, 0) is 48.7 Å².